The zero-order valence-electron chi connectivity index (χ0n) is 14.7. The van der Waals surface area contributed by atoms with Crippen LogP contribution in [0.4, 0.5) is 13.2 Å². The normalized spacial score (nSPS) is 11.2. The van der Waals surface area contributed by atoms with Crippen LogP contribution in [0.15, 0.2) is 24.3 Å². The van der Waals surface area contributed by atoms with Crippen molar-refractivity contribution in [2.75, 3.05) is 13.2 Å². The summed E-state index contributed by atoms with van der Waals surface area (Å²) in [4.78, 5) is 24.4. The molecule has 0 aliphatic rings. The number of aromatic nitrogens is 1. The van der Waals surface area contributed by atoms with Gasteiger partial charge in [0.25, 0.3) is 0 Å². The SMILES string of the molecule is CCOC(=O)c1c(O)c(O)c(C(=O)OCC)n1-c1ccc(OC(F)(F)F)cc1. The van der Waals surface area contributed by atoms with Gasteiger partial charge >= 0.3 is 18.3 Å². The number of rotatable bonds is 6. The molecular weight excluding hydrogens is 387 g/mol. The summed E-state index contributed by atoms with van der Waals surface area (Å²) in [7, 11) is 0. The predicted molar refractivity (Wildman–Crippen MR) is 87.7 cm³/mol. The van der Waals surface area contributed by atoms with E-state index >= 15 is 0 Å². The van der Waals surface area contributed by atoms with E-state index in [-0.39, 0.29) is 18.9 Å². The van der Waals surface area contributed by atoms with Gasteiger partial charge in [-0.1, -0.05) is 0 Å². The average Bonchev–Trinajstić information content (AvgIpc) is 2.86. The number of aromatic hydroxyl groups is 2. The number of hydrogen-bond donors (Lipinski definition) is 2. The van der Waals surface area contributed by atoms with Gasteiger partial charge in [-0.3, -0.25) is 4.57 Å². The molecule has 0 unspecified atom stereocenters. The lowest BCUT2D eigenvalue weighted by atomic mass is 10.2. The van der Waals surface area contributed by atoms with Crippen molar-refractivity contribution in [1.29, 1.82) is 0 Å². The highest BCUT2D eigenvalue weighted by atomic mass is 19.4. The summed E-state index contributed by atoms with van der Waals surface area (Å²) in [6, 6.07) is 4.04. The molecule has 0 radical (unpaired) electrons. The van der Waals surface area contributed by atoms with E-state index in [4.69, 9.17) is 9.47 Å². The fourth-order valence-corrected chi connectivity index (χ4v) is 2.38. The van der Waals surface area contributed by atoms with Crippen molar-refractivity contribution in [2.45, 2.75) is 20.2 Å². The van der Waals surface area contributed by atoms with Crippen molar-refractivity contribution in [2.24, 2.45) is 0 Å². The molecule has 11 heteroatoms. The van der Waals surface area contributed by atoms with Gasteiger partial charge < -0.3 is 24.4 Å². The summed E-state index contributed by atoms with van der Waals surface area (Å²) in [5, 5.41) is 20.3. The highest BCUT2D eigenvalue weighted by molar-refractivity contribution is 6.00. The minimum Gasteiger partial charge on any atom is -0.503 e. The van der Waals surface area contributed by atoms with Crippen molar-refractivity contribution in [3.05, 3.63) is 35.7 Å². The van der Waals surface area contributed by atoms with E-state index in [0.29, 0.717) is 0 Å². The summed E-state index contributed by atoms with van der Waals surface area (Å²) in [5.41, 5.74) is -1.21. The molecule has 0 spiro atoms. The topological polar surface area (TPSA) is 107 Å². The second-order valence-corrected chi connectivity index (χ2v) is 5.21. The van der Waals surface area contributed by atoms with E-state index in [1.165, 1.54) is 13.8 Å². The molecule has 0 fully saturated rings. The Hall–Kier alpha value is -3.37. The molecule has 0 bridgehead atoms. The van der Waals surface area contributed by atoms with E-state index in [0.717, 1.165) is 28.8 Å². The first-order valence-corrected chi connectivity index (χ1v) is 7.97. The smallest absolute Gasteiger partial charge is 0.503 e. The van der Waals surface area contributed by atoms with E-state index < -0.39 is 46.9 Å². The molecule has 1 heterocycles. The van der Waals surface area contributed by atoms with Crippen LogP contribution in [0.3, 0.4) is 0 Å². The van der Waals surface area contributed by atoms with Crippen LogP contribution >= 0.6 is 0 Å². The molecule has 2 aromatic rings. The predicted octanol–water partition coefficient (Wildman–Crippen LogP) is 3.14. The van der Waals surface area contributed by atoms with Gasteiger partial charge in [0.1, 0.15) is 5.75 Å². The monoisotopic (exact) mass is 403 g/mol. The fraction of sp³-hybridized carbons (Fsp3) is 0.294. The van der Waals surface area contributed by atoms with Crippen LogP contribution in [0.25, 0.3) is 5.69 Å². The highest BCUT2D eigenvalue weighted by Gasteiger charge is 2.34. The summed E-state index contributed by atoms with van der Waals surface area (Å²) in [5.74, 6) is -4.55. The fourth-order valence-electron chi connectivity index (χ4n) is 2.38. The second kappa shape index (κ2) is 8.11. The Balaban J connectivity index is 2.64. The van der Waals surface area contributed by atoms with Gasteiger partial charge in [-0.05, 0) is 38.1 Å². The van der Waals surface area contributed by atoms with Crippen molar-refractivity contribution in [1.82, 2.24) is 4.57 Å². The number of alkyl halides is 3. The molecule has 0 aliphatic heterocycles. The molecule has 1 aromatic heterocycles. The third-order valence-corrected chi connectivity index (χ3v) is 3.39. The molecule has 0 saturated heterocycles. The summed E-state index contributed by atoms with van der Waals surface area (Å²) < 4.78 is 51.2. The van der Waals surface area contributed by atoms with Crippen molar-refractivity contribution in [3.8, 4) is 22.9 Å². The van der Waals surface area contributed by atoms with Gasteiger partial charge in [0.15, 0.2) is 22.9 Å². The largest absolute Gasteiger partial charge is 0.573 e. The lowest BCUT2D eigenvalue weighted by Crippen LogP contribution is -2.18. The number of halogens is 3. The van der Waals surface area contributed by atoms with Crippen LogP contribution in [0.1, 0.15) is 34.8 Å². The molecule has 2 rings (SSSR count). The van der Waals surface area contributed by atoms with Gasteiger partial charge in [0, 0.05) is 5.69 Å². The molecule has 0 aliphatic carbocycles. The Morgan fingerprint density at radius 2 is 1.36 bits per heavy atom. The van der Waals surface area contributed by atoms with E-state index in [1.807, 2.05) is 0 Å². The maximum atomic E-state index is 12.3. The van der Waals surface area contributed by atoms with E-state index in [2.05, 4.69) is 4.74 Å². The molecule has 0 saturated carbocycles. The van der Waals surface area contributed by atoms with Crippen LogP contribution in [0.2, 0.25) is 0 Å². The van der Waals surface area contributed by atoms with Gasteiger partial charge in [0.2, 0.25) is 0 Å². The lowest BCUT2D eigenvalue weighted by molar-refractivity contribution is -0.274. The third-order valence-electron chi connectivity index (χ3n) is 3.39. The van der Waals surface area contributed by atoms with Crippen molar-refractivity contribution < 1.29 is 47.2 Å². The Morgan fingerprint density at radius 1 is 0.929 bits per heavy atom. The number of carbonyl (C=O) groups excluding carboxylic acids is 2. The van der Waals surface area contributed by atoms with Crippen molar-refractivity contribution >= 4 is 11.9 Å². The number of nitrogens with zero attached hydrogens (tertiary/aromatic N) is 1. The van der Waals surface area contributed by atoms with Gasteiger partial charge in [0.05, 0.1) is 13.2 Å². The molecule has 152 valence electrons. The van der Waals surface area contributed by atoms with Crippen LogP contribution in [-0.4, -0.2) is 46.3 Å². The summed E-state index contributed by atoms with van der Waals surface area (Å²) in [6.07, 6.45) is -4.91. The average molecular weight is 403 g/mol. The standard InChI is InChI=1S/C17H16F3NO7/c1-3-26-15(24)11-13(22)14(23)12(16(25)27-4-2)21(11)9-5-7-10(8-6-9)28-17(18,19)20/h5-8,22-23H,3-4H2,1-2H3. The first kappa shape index (κ1) is 20.9. The second-order valence-electron chi connectivity index (χ2n) is 5.21. The Labute approximate surface area is 156 Å². The first-order valence-electron chi connectivity index (χ1n) is 7.97. The third kappa shape index (κ3) is 4.30. The van der Waals surface area contributed by atoms with Crippen molar-refractivity contribution in [3.63, 3.8) is 0 Å². The number of esters is 2. The molecule has 0 atom stereocenters. The maximum Gasteiger partial charge on any atom is 0.573 e. The minimum absolute atomic E-state index is 0.0313. The number of ether oxygens (including phenoxy) is 3. The molecule has 0 amide bonds. The van der Waals surface area contributed by atoms with Crippen LogP contribution in [0.5, 0.6) is 17.2 Å². The number of benzene rings is 1. The molecule has 8 nitrogen and oxygen atoms in total. The summed E-state index contributed by atoms with van der Waals surface area (Å²) in [6.45, 7) is 2.85. The number of carbonyl (C=O) groups is 2. The van der Waals surface area contributed by atoms with Gasteiger partial charge in [-0.2, -0.15) is 0 Å². The molecule has 28 heavy (non-hydrogen) atoms. The summed E-state index contributed by atoms with van der Waals surface area (Å²) >= 11 is 0. The molecule has 2 N–H and O–H groups in total. The van der Waals surface area contributed by atoms with Crippen LogP contribution < -0.4 is 4.74 Å². The Kier molecular flexibility index (Phi) is 6.06. The lowest BCUT2D eigenvalue weighted by Gasteiger charge is -2.13. The van der Waals surface area contributed by atoms with Crippen LogP contribution in [0, 0.1) is 0 Å². The zero-order valence-corrected chi connectivity index (χ0v) is 14.7. The first-order chi connectivity index (χ1) is 13.1. The van der Waals surface area contributed by atoms with Gasteiger partial charge in [-0.25, -0.2) is 9.59 Å². The van der Waals surface area contributed by atoms with Gasteiger partial charge in [-0.15, -0.1) is 13.2 Å². The Bertz CT molecular complexity index is 831. The van der Waals surface area contributed by atoms with Crippen LogP contribution in [-0.2, 0) is 9.47 Å². The number of hydrogen-bond acceptors (Lipinski definition) is 7. The van der Waals surface area contributed by atoms with E-state index in [1.54, 1.807) is 0 Å². The molecular formula is C17H16F3NO7. The Morgan fingerprint density at radius 3 is 1.71 bits per heavy atom. The molecule has 1 aromatic carbocycles. The van der Waals surface area contributed by atoms with E-state index in [9.17, 15) is 33.0 Å². The highest BCUT2D eigenvalue weighted by Crippen LogP contribution is 2.39. The maximum absolute atomic E-state index is 12.3. The quantitative estimate of drug-likeness (QED) is 0.714. The minimum atomic E-state index is -4.91. The zero-order chi connectivity index (χ0) is 21.1.